The summed E-state index contributed by atoms with van der Waals surface area (Å²) in [6, 6.07) is 11.8. The summed E-state index contributed by atoms with van der Waals surface area (Å²) in [5.74, 6) is -1.95. The van der Waals surface area contributed by atoms with Gasteiger partial charge in [-0.05, 0) is 48.7 Å². The van der Waals surface area contributed by atoms with Crippen LogP contribution in [-0.4, -0.2) is 53.4 Å². The molecule has 8 heteroatoms. The predicted octanol–water partition coefficient (Wildman–Crippen LogP) is 3.98. The lowest BCUT2D eigenvalue weighted by Crippen LogP contribution is -2.45. The fourth-order valence-electron chi connectivity index (χ4n) is 4.56. The molecular weight excluding hydrogens is 449 g/mol. The van der Waals surface area contributed by atoms with Crippen molar-refractivity contribution in [2.24, 2.45) is 0 Å². The molecular formula is C27H30FN3O4. The number of amides is 2. The standard InChI is InChI=1S/C27H30FN3O4/c1-31(21-7-3-2-4-8-21)25(32)17-35-27(34)24(30-26(33)18-11-13-20(28)14-12-18)15-19-16-29-23-10-6-5-9-22(19)23/h5-6,9-14,16,21,24,29H,2-4,7-8,15,17H2,1H3,(H,30,33). The van der Waals surface area contributed by atoms with Crippen LogP contribution in [-0.2, 0) is 20.7 Å². The third-order valence-electron chi connectivity index (χ3n) is 6.65. The molecule has 1 heterocycles. The monoisotopic (exact) mass is 479 g/mol. The first-order chi connectivity index (χ1) is 16.9. The Kier molecular flexibility index (Phi) is 7.80. The van der Waals surface area contributed by atoms with Gasteiger partial charge in [0.1, 0.15) is 11.9 Å². The average Bonchev–Trinajstić information content (AvgIpc) is 3.29. The number of likely N-dealkylation sites (N-methyl/N-ethyl adjacent to an activating group) is 1. The molecule has 35 heavy (non-hydrogen) atoms. The van der Waals surface area contributed by atoms with Crippen molar-refractivity contribution in [3.63, 3.8) is 0 Å². The molecule has 0 radical (unpaired) electrons. The average molecular weight is 480 g/mol. The van der Waals surface area contributed by atoms with Gasteiger partial charge < -0.3 is 19.9 Å². The van der Waals surface area contributed by atoms with Gasteiger partial charge in [0, 0.05) is 42.2 Å². The highest BCUT2D eigenvalue weighted by Gasteiger charge is 2.27. The Hall–Kier alpha value is -3.68. The summed E-state index contributed by atoms with van der Waals surface area (Å²) >= 11 is 0. The lowest BCUT2D eigenvalue weighted by Gasteiger charge is -2.31. The van der Waals surface area contributed by atoms with Crippen molar-refractivity contribution in [3.05, 3.63) is 71.7 Å². The van der Waals surface area contributed by atoms with Crippen LogP contribution in [0.4, 0.5) is 4.39 Å². The molecule has 1 fully saturated rings. The van der Waals surface area contributed by atoms with Crippen LogP contribution in [0.25, 0.3) is 10.9 Å². The molecule has 4 rings (SSSR count). The number of rotatable bonds is 8. The molecule has 2 aromatic carbocycles. The van der Waals surface area contributed by atoms with Gasteiger partial charge in [-0.2, -0.15) is 0 Å². The van der Waals surface area contributed by atoms with E-state index < -0.39 is 23.7 Å². The number of aromatic amines is 1. The van der Waals surface area contributed by atoms with E-state index >= 15 is 0 Å². The van der Waals surface area contributed by atoms with Gasteiger partial charge >= 0.3 is 5.97 Å². The highest BCUT2D eigenvalue weighted by Crippen LogP contribution is 2.22. The van der Waals surface area contributed by atoms with Gasteiger partial charge in [-0.25, -0.2) is 9.18 Å². The second-order valence-corrected chi connectivity index (χ2v) is 9.00. The number of esters is 1. The molecule has 1 aliphatic carbocycles. The first kappa shape index (κ1) is 24.4. The minimum absolute atomic E-state index is 0.162. The first-order valence-corrected chi connectivity index (χ1v) is 12.0. The fourth-order valence-corrected chi connectivity index (χ4v) is 4.56. The van der Waals surface area contributed by atoms with E-state index in [0.717, 1.165) is 42.1 Å². The van der Waals surface area contributed by atoms with E-state index in [1.54, 1.807) is 18.1 Å². The van der Waals surface area contributed by atoms with Crippen LogP contribution >= 0.6 is 0 Å². The zero-order valence-electron chi connectivity index (χ0n) is 19.8. The van der Waals surface area contributed by atoms with E-state index in [-0.39, 0.29) is 30.5 Å². The molecule has 0 saturated heterocycles. The number of carbonyl (C=O) groups is 3. The summed E-state index contributed by atoms with van der Waals surface area (Å²) in [7, 11) is 1.74. The Morgan fingerprint density at radius 3 is 2.54 bits per heavy atom. The van der Waals surface area contributed by atoms with Gasteiger partial charge in [-0.15, -0.1) is 0 Å². The van der Waals surface area contributed by atoms with Crippen molar-refractivity contribution < 1.29 is 23.5 Å². The number of hydrogen-bond donors (Lipinski definition) is 2. The zero-order valence-corrected chi connectivity index (χ0v) is 19.8. The van der Waals surface area contributed by atoms with Crippen molar-refractivity contribution in [3.8, 4) is 0 Å². The van der Waals surface area contributed by atoms with E-state index in [9.17, 15) is 18.8 Å². The molecule has 1 atom stereocenters. The molecule has 0 aliphatic heterocycles. The minimum Gasteiger partial charge on any atom is -0.454 e. The van der Waals surface area contributed by atoms with E-state index in [0.29, 0.717) is 0 Å². The van der Waals surface area contributed by atoms with Gasteiger partial charge in [-0.1, -0.05) is 37.5 Å². The lowest BCUT2D eigenvalue weighted by atomic mass is 9.94. The topological polar surface area (TPSA) is 91.5 Å². The maximum atomic E-state index is 13.3. The summed E-state index contributed by atoms with van der Waals surface area (Å²) in [6.45, 7) is -0.386. The molecule has 7 nitrogen and oxygen atoms in total. The second-order valence-electron chi connectivity index (χ2n) is 9.00. The van der Waals surface area contributed by atoms with Crippen LogP contribution in [0, 0.1) is 5.82 Å². The molecule has 1 aliphatic rings. The van der Waals surface area contributed by atoms with Crippen molar-refractivity contribution in [1.82, 2.24) is 15.2 Å². The van der Waals surface area contributed by atoms with Crippen LogP contribution in [0.1, 0.15) is 48.0 Å². The summed E-state index contributed by atoms with van der Waals surface area (Å²) in [5, 5.41) is 3.62. The number of hydrogen-bond acceptors (Lipinski definition) is 4. The fraction of sp³-hybridized carbons (Fsp3) is 0.370. The van der Waals surface area contributed by atoms with Crippen LogP contribution in [0.15, 0.2) is 54.7 Å². The number of fused-ring (bicyclic) bond motifs is 1. The van der Waals surface area contributed by atoms with Crippen LogP contribution in [0.2, 0.25) is 0 Å². The van der Waals surface area contributed by atoms with E-state index in [1.807, 2.05) is 24.3 Å². The van der Waals surface area contributed by atoms with Gasteiger partial charge in [-0.3, -0.25) is 9.59 Å². The smallest absolute Gasteiger partial charge is 0.329 e. The van der Waals surface area contributed by atoms with Gasteiger partial charge in [0.05, 0.1) is 0 Å². The maximum Gasteiger partial charge on any atom is 0.329 e. The highest BCUT2D eigenvalue weighted by molar-refractivity contribution is 5.97. The molecule has 0 bridgehead atoms. The Labute approximate surface area is 203 Å². The zero-order chi connectivity index (χ0) is 24.8. The third kappa shape index (κ3) is 6.07. The number of aromatic nitrogens is 1. The normalized spacial score (nSPS) is 14.9. The van der Waals surface area contributed by atoms with Crippen molar-refractivity contribution >= 4 is 28.7 Å². The summed E-state index contributed by atoms with van der Waals surface area (Å²) in [6.07, 6.45) is 7.21. The Balaban J connectivity index is 1.46. The third-order valence-corrected chi connectivity index (χ3v) is 6.65. The van der Waals surface area contributed by atoms with Crippen molar-refractivity contribution in [2.75, 3.05) is 13.7 Å². The number of H-pyrrole nitrogens is 1. The first-order valence-electron chi connectivity index (χ1n) is 12.0. The second kappa shape index (κ2) is 11.2. The Bertz CT molecular complexity index is 1180. The molecule has 1 saturated carbocycles. The predicted molar refractivity (Wildman–Crippen MR) is 130 cm³/mol. The minimum atomic E-state index is -1.03. The summed E-state index contributed by atoms with van der Waals surface area (Å²) < 4.78 is 18.7. The van der Waals surface area contributed by atoms with Crippen LogP contribution in [0.3, 0.4) is 0 Å². The van der Waals surface area contributed by atoms with Crippen LogP contribution in [0.5, 0.6) is 0 Å². The summed E-state index contributed by atoms with van der Waals surface area (Å²) in [5.41, 5.74) is 1.95. The summed E-state index contributed by atoms with van der Waals surface area (Å²) in [4.78, 5) is 43.3. The molecule has 1 aromatic heterocycles. The Morgan fingerprint density at radius 2 is 1.80 bits per heavy atom. The number of halogens is 1. The number of para-hydroxylation sites is 1. The molecule has 2 N–H and O–H groups in total. The van der Waals surface area contributed by atoms with Gasteiger partial charge in [0.2, 0.25) is 0 Å². The molecule has 1 unspecified atom stereocenters. The molecule has 184 valence electrons. The number of benzene rings is 2. The highest BCUT2D eigenvalue weighted by atomic mass is 19.1. The maximum absolute atomic E-state index is 13.3. The van der Waals surface area contributed by atoms with Crippen molar-refractivity contribution in [2.45, 2.75) is 50.6 Å². The number of ether oxygens (including phenoxy) is 1. The van der Waals surface area contributed by atoms with E-state index in [4.69, 9.17) is 4.74 Å². The van der Waals surface area contributed by atoms with Gasteiger partial charge in [0.15, 0.2) is 6.61 Å². The number of carbonyl (C=O) groups excluding carboxylic acids is 3. The lowest BCUT2D eigenvalue weighted by molar-refractivity contribution is -0.154. The quantitative estimate of drug-likeness (QED) is 0.478. The molecule has 3 aromatic rings. The van der Waals surface area contributed by atoms with E-state index in [1.165, 1.54) is 30.7 Å². The Morgan fingerprint density at radius 1 is 1.09 bits per heavy atom. The van der Waals surface area contributed by atoms with Crippen LogP contribution < -0.4 is 5.32 Å². The van der Waals surface area contributed by atoms with E-state index in [2.05, 4.69) is 10.3 Å². The molecule has 0 spiro atoms. The molecule has 2 amide bonds. The SMILES string of the molecule is CN(C(=O)COC(=O)C(Cc1c[nH]c2ccccc12)NC(=O)c1ccc(F)cc1)C1CCCCC1. The largest absolute Gasteiger partial charge is 0.454 e. The number of nitrogens with one attached hydrogen (secondary N) is 2. The number of nitrogens with zero attached hydrogens (tertiary/aromatic N) is 1. The van der Waals surface area contributed by atoms with Gasteiger partial charge in [0.25, 0.3) is 11.8 Å². The van der Waals surface area contributed by atoms with Crippen molar-refractivity contribution in [1.29, 1.82) is 0 Å².